The Morgan fingerprint density at radius 3 is 3.04 bits per heavy atom. The second-order valence-corrected chi connectivity index (χ2v) is 6.61. The van der Waals surface area contributed by atoms with Crippen LogP contribution >= 0.6 is 0 Å². The fraction of sp³-hybridized carbons (Fsp3) is 0.421. The molecule has 1 aromatic carbocycles. The van der Waals surface area contributed by atoms with Gasteiger partial charge in [-0.3, -0.25) is 4.79 Å². The molecule has 25 heavy (non-hydrogen) atoms. The first-order chi connectivity index (χ1) is 12.0. The molecule has 1 amide bonds. The number of carbonyl (C=O) groups is 1. The molecule has 1 N–H and O–H groups in total. The number of nitrogens with one attached hydrogen (secondary N) is 1. The summed E-state index contributed by atoms with van der Waals surface area (Å²) < 4.78 is 10.6. The molecule has 3 rings (SSSR count). The van der Waals surface area contributed by atoms with Crippen molar-refractivity contribution in [2.75, 3.05) is 6.61 Å². The third kappa shape index (κ3) is 4.47. The first-order valence-corrected chi connectivity index (χ1v) is 8.53. The molecule has 1 fully saturated rings. The van der Waals surface area contributed by atoms with Crippen LogP contribution in [0.5, 0.6) is 5.75 Å². The second-order valence-electron chi connectivity index (χ2n) is 6.61. The molecule has 1 heterocycles. The molecule has 1 aliphatic carbocycles. The smallest absolute Gasteiger partial charge is 0.336 e. The second kappa shape index (κ2) is 7.51. The van der Waals surface area contributed by atoms with Crippen molar-refractivity contribution in [1.82, 2.24) is 5.43 Å². The lowest BCUT2D eigenvalue weighted by Crippen LogP contribution is -2.27. The van der Waals surface area contributed by atoms with Crippen LogP contribution in [0.15, 0.2) is 38.6 Å². The summed E-state index contributed by atoms with van der Waals surface area (Å²) in [5, 5.41) is 5.04. The molecule has 2 aromatic rings. The van der Waals surface area contributed by atoms with Crippen LogP contribution in [0.3, 0.4) is 0 Å². The third-order valence-corrected chi connectivity index (χ3v) is 4.38. The van der Waals surface area contributed by atoms with Crippen molar-refractivity contribution in [1.29, 1.82) is 0 Å². The average Bonchev–Trinajstić information content (AvgIpc) is 2.57. The number of carbonyl (C=O) groups excluding carboxylic acids is 1. The largest absolute Gasteiger partial charge is 0.484 e. The molecule has 1 aromatic heterocycles. The van der Waals surface area contributed by atoms with Gasteiger partial charge in [0.05, 0.1) is 0 Å². The predicted octanol–water partition coefficient (Wildman–Crippen LogP) is 3.16. The summed E-state index contributed by atoms with van der Waals surface area (Å²) in [6, 6.07) is 6.62. The van der Waals surface area contributed by atoms with Gasteiger partial charge < -0.3 is 9.15 Å². The number of rotatable bonds is 4. The van der Waals surface area contributed by atoms with Crippen molar-refractivity contribution < 1.29 is 13.9 Å². The molecule has 1 saturated carbocycles. The van der Waals surface area contributed by atoms with Gasteiger partial charge in [-0.1, -0.05) is 6.92 Å². The Labute approximate surface area is 145 Å². The number of hydrazone groups is 1. The van der Waals surface area contributed by atoms with Crippen LogP contribution in [-0.2, 0) is 4.79 Å². The van der Waals surface area contributed by atoms with E-state index in [9.17, 15) is 9.59 Å². The van der Waals surface area contributed by atoms with Crippen LogP contribution < -0.4 is 15.8 Å². The number of fused-ring (bicyclic) bond motifs is 1. The van der Waals surface area contributed by atoms with Crippen LogP contribution in [0.2, 0.25) is 0 Å². The molecule has 0 radical (unpaired) electrons. The molecule has 0 unspecified atom stereocenters. The van der Waals surface area contributed by atoms with E-state index in [0.717, 1.165) is 35.9 Å². The van der Waals surface area contributed by atoms with Crippen molar-refractivity contribution in [3.8, 4) is 5.75 Å². The van der Waals surface area contributed by atoms with E-state index in [2.05, 4.69) is 17.5 Å². The van der Waals surface area contributed by atoms with Crippen LogP contribution in [0.1, 0.15) is 38.2 Å². The molecule has 6 nitrogen and oxygen atoms in total. The van der Waals surface area contributed by atoms with E-state index in [0.29, 0.717) is 17.3 Å². The van der Waals surface area contributed by atoms with E-state index >= 15 is 0 Å². The maximum atomic E-state index is 11.9. The fourth-order valence-corrected chi connectivity index (χ4v) is 3.08. The van der Waals surface area contributed by atoms with Gasteiger partial charge in [0, 0.05) is 23.2 Å². The molecule has 6 heteroatoms. The first kappa shape index (κ1) is 17.2. The average molecular weight is 342 g/mol. The molecule has 0 spiro atoms. The van der Waals surface area contributed by atoms with E-state index in [1.54, 1.807) is 12.1 Å². The van der Waals surface area contributed by atoms with Crippen molar-refractivity contribution >= 4 is 22.6 Å². The minimum Gasteiger partial charge on any atom is -0.484 e. The normalized spacial score (nSPS) is 19.1. The zero-order chi connectivity index (χ0) is 17.8. The predicted molar refractivity (Wildman–Crippen MR) is 95.9 cm³/mol. The zero-order valence-corrected chi connectivity index (χ0v) is 14.5. The van der Waals surface area contributed by atoms with E-state index in [-0.39, 0.29) is 12.5 Å². The van der Waals surface area contributed by atoms with Gasteiger partial charge in [-0.15, -0.1) is 0 Å². The summed E-state index contributed by atoms with van der Waals surface area (Å²) in [7, 11) is 0. The lowest BCUT2D eigenvalue weighted by Gasteiger charge is -2.18. The number of ether oxygens (including phenoxy) is 1. The Bertz CT molecular complexity index is 869. The van der Waals surface area contributed by atoms with Gasteiger partial charge in [0.1, 0.15) is 11.3 Å². The van der Waals surface area contributed by atoms with Gasteiger partial charge in [-0.05, 0) is 56.2 Å². The number of hydrogen-bond donors (Lipinski definition) is 1. The summed E-state index contributed by atoms with van der Waals surface area (Å²) in [5.74, 6) is 0.781. The number of benzene rings is 1. The van der Waals surface area contributed by atoms with Gasteiger partial charge in [0.2, 0.25) is 0 Å². The lowest BCUT2D eigenvalue weighted by molar-refractivity contribution is -0.123. The van der Waals surface area contributed by atoms with Crippen LogP contribution in [0, 0.1) is 12.8 Å². The summed E-state index contributed by atoms with van der Waals surface area (Å²) in [6.07, 6.45) is 4.21. The van der Waals surface area contributed by atoms with Crippen molar-refractivity contribution in [2.45, 2.75) is 39.5 Å². The minimum absolute atomic E-state index is 0.145. The molecule has 0 bridgehead atoms. The first-order valence-electron chi connectivity index (χ1n) is 8.53. The van der Waals surface area contributed by atoms with Crippen LogP contribution in [-0.4, -0.2) is 18.2 Å². The molecule has 1 aliphatic rings. The number of nitrogens with zero attached hydrogens (tertiary/aromatic N) is 1. The molecular weight excluding hydrogens is 320 g/mol. The summed E-state index contributed by atoms with van der Waals surface area (Å²) in [6.45, 7) is 3.89. The molecule has 132 valence electrons. The highest BCUT2D eigenvalue weighted by molar-refractivity contribution is 5.87. The lowest BCUT2D eigenvalue weighted by atomic mass is 9.89. The Hall–Kier alpha value is -2.63. The highest BCUT2D eigenvalue weighted by Gasteiger charge is 2.14. The highest BCUT2D eigenvalue weighted by atomic mass is 16.5. The van der Waals surface area contributed by atoms with Crippen LogP contribution in [0.4, 0.5) is 0 Å². The number of amides is 1. The van der Waals surface area contributed by atoms with Crippen molar-refractivity contribution in [2.24, 2.45) is 11.0 Å². The van der Waals surface area contributed by atoms with Gasteiger partial charge in [0.25, 0.3) is 5.91 Å². The summed E-state index contributed by atoms with van der Waals surface area (Å²) in [5.41, 5.74) is 4.47. The van der Waals surface area contributed by atoms with E-state index in [1.807, 2.05) is 13.0 Å². The maximum Gasteiger partial charge on any atom is 0.336 e. The Morgan fingerprint density at radius 1 is 1.40 bits per heavy atom. The van der Waals surface area contributed by atoms with Gasteiger partial charge >= 0.3 is 5.63 Å². The van der Waals surface area contributed by atoms with Crippen molar-refractivity contribution in [3.63, 3.8) is 0 Å². The van der Waals surface area contributed by atoms with Crippen LogP contribution in [0.25, 0.3) is 11.0 Å². The minimum atomic E-state index is -0.405. The summed E-state index contributed by atoms with van der Waals surface area (Å²) in [4.78, 5) is 23.3. The van der Waals surface area contributed by atoms with E-state index in [1.165, 1.54) is 12.5 Å². The monoisotopic (exact) mass is 342 g/mol. The van der Waals surface area contributed by atoms with Gasteiger partial charge in [-0.2, -0.15) is 5.10 Å². The Morgan fingerprint density at radius 2 is 2.24 bits per heavy atom. The van der Waals surface area contributed by atoms with E-state index in [4.69, 9.17) is 9.15 Å². The standard InChI is InChI=1S/C19H22N2O4/c1-12-4-3-5-14(8-12)20-21-18(22)11-24-15-6-7-16-13(2)9-19(23)25-17(16)10-15/h6-7,9-10,12H,3-5,8,11H2,1-2H3,(H,21,22)/b20-14-/t12-/m1/s1. The highest BCUT2D eigenvalue weighted by Crippen LogP contribution is 2.22. The van der Waals surface area contributed by atoms with Gasteiger partial charge in [0.15, 0.2) is 6.61 Å². The van der Waals surface area contributed by atoms with Crippen molar-refractivity contribution in [3.05, 3.63) is 40.2 Å². The summed E-state index contributed by atoms with van der Waals surface area (Å²) >= 11 is 0. The third-order valence-electron chi connectivity index (χ3n) is 4.38. The maximum absolute atomic E-state index is 11.9. The molecule has 1 atom stereocenters. The number of aryl methyl sites for hydroxylation is 1. The van der Waals surface area contributed by atoms with Gasteiger partial charge in [-0.25, -0.2) is 10.2 Å². The quantitative estimate of drug-likeness (QED) is 0.683. The molecular formula is C19H22N2O4. The topological polar surface area (TPSA) is 80.9 Å². The number of hydrogen-bond acceptors (Lipinski definition) is 5. The Balaban J connectivity index is 1.59. The zero-order valence-electron chi connectivity index (χ0n) is 14.5. The Kier molecular flexibility index (Phi) is 5.16. The fourth-order valence-electron chi connectivity index (χ4n) is 3.08. The van der Waals surface area contributed by atoms with E-state index < -0.39 is 5.63 Å². The molecule has 0 aliphatic heterocycles. The SMILES string of the molecule is Cc1cc(=O)oc2cc(OCC(=O)N/N=C3/CCC[C@@H](C)C3)ccc12. The molecule has 0 saturated heterocycles.